The van der Waals surface area contributed by atoms with E-state index in [2.05, 4.69) is 21.1 Å². The highest BCUT2D eigenvalue weighted by Crippen LogP contribution is 2.31. The van der Waals surface area contributed by atoms with Crippen LogP contribution in [-0.2, 0) is 0 Å². The topological polar surface area (TPSA) is 26.0 Å². The van der Waals surface area contributed by atoms with Crippen LogP contribution in [0.25, 0.3) is 10.3 Å². The fraction of sp³-hybridized carbons (Fsp3) is 0.167. The van der Waals surface area contributed by atoms with Crippen LogP contribution in [0.1, 0.15) is 5.69 Å². The molecule has 4 heteroatoms. The molecule has 2 rings (SSSR count). The number of halogens is 1. The second-order valence-electron chi connectivity index (χ2n) is 2.02. The standard InChI is InChI=1S/C6H4BrNOS/c1-3-4-2-5(7)10-6(4)9-8-3/h2H,1H3. The van der Waals surface area contributed by atoms with Crippen molar-refractivity contribution in [2.75, 3.05) is 0 Å². The Morgan fingerprint density at radius 1 is 1.70 bits per heavy atom. The average Bonchev–Trinajstić information content (AvgIpc) is 2.35. The van der Waals surface area contributed by atoms with Gasteiger partial charge in [-0.1, -0.05) is 16.5 Å². The lowest BCUT2D eigenvalue weighted by Crippen LogP contribution is -1.64. The fourth-order valence-electron chi connectivity index (χ4n) is 0.824. The lowest BCUT2D eigenvalue weighted by molar-refractivity contribution is 0.455. The van der Waals surface area contributed by atoms with Gasteiger partial charge in [0.15, 0.2) is 0 Å². The molecule has 0 aliphatic carbocycles. The van der Waals surface area contributed by atoms with Gasteiger partial charge in [-0.2, -0.15) is 0 Å². The van der Waals surface area contributed by atoms with Crippen molar-refractivity contribution in [3.63, 3.8) is 0 Å². The first-order valence-corrected chi connectivity index (χ1v) is 4.39. The Bertz CT molecular complexity index is 365. The second kappa shape index (κ2) is 2.07. The summed E-state index contributed by atoms with van der Waals surface area (Å²) in [7, 11) is 0. The quantitative estimate of drug-likeness (QED) is 0.679. The Morgan fingerprint density at radius 3 is 3.20 bits per heavy atom. The summed E-state index contributed by atoms with van der Waals surface area (Å²) in [6.45, 7) is 1.94. The lowest BCUT2D eigenvalue weighted by atomic mass is 10.3. The van der Waals surface area contributed by atoms with Crippen molar-refractivity contribution < 1.29 is 4.52 Å². The van der Waals surface area contributed by atoms with Crippen LogP contribution in [-0.4, -0.2) is 5.16 Å². The fourth-order valence-corrected chi connectivity index (χ4v) is 2.24. The Hall–Kier alpha value is -0.350. The van der Waals surface area contributed by atoms with Crippen molar-refractivity contribution in [3.05, 3.63) is 15.5 Å². The zero-order valence-corrected chi connectivity index (χ0v) is 7.62. The van der Waals surface area contributed by atoms with Crippen molar-refractivity contribution >= 4 is 37.5 Å². The Morgan fingerprint density at radius 2 is 2.50 bits per heavy atom. The van der Waals surface area contributed by atoms with Crippen LogP contribution in [0.15, 0.2) is 14.4 Å². The van der Waals surface area contributed by atoms with E-state index < -0.39 is 0 Å². The van der Waals surface area contributed by atoms with Gasteiger partial charge >= 0.3 is 0 Å². The summed E-state index contributed by atoms with van der Waals surface area (Å²) in [5, 5.41) is 4.92. The van der Waals surface area contributed by atoms with Crippen LogP contribution < -0.4 is 0 Å². The minimum absolute atomic E-state index is 0.893. The normalized spacial score (nSPS) is 11.0. The van der Waals surface area contributed by atoms with Gasteiger partial charge in [0.1, 0.15) is 0 Å². The molecule has 0 amide bonds. The van der Waals surface area contributed by atoms with E-state index in [4.69, 9.17) is 4.52 Å². The lowest BCUT2D eigenvalue weighted by Gasteiger charge is -1.73. The van der Waals surface area contributed by atoms with Crippen LogP contribution in [0.5, 0.6) is 0 Å². The number of aromatic nitrogens is 1. The second-order valence-corrected chi connectivity index (χ2v) is 4.41. The number of thiophene rings is 1. The van der Waals surface area contributed by atoms with Crippen LogP contribution >= 0.6 is 27.3 Å². The smallest absolute Gasteiger partial charge is 0.221 e. The molecule has 0 fully saturated rings. The Labute approximate surface area is 70.0 Å². The highest BCUT2D eigenvalue weighted by molar-refractivity contribution is 9.11. The summed E-state index contributed by atoms with van der Waals surface area (Å²) >= 11 is 4.93. The molecule has 0 unspecified atom stereocenters. The molecule has 2 aromatic rings. The monoisotopic (exact) mass is 217 g/mol. The third-order valence-electron chi connectivity index (χ3n) is 1.32. The molecular weight excluding hydrogens is 214 g/mol. The minimum Gasteiger partial charge on any atom is -0.345 e. The molecule has 0 aliphatic rings. The average molecular weight is 218 g/mol. The van der Waals surface area contributed by atoms with Gasteiger partial charge in [-0.3, -0.25) is 0 Å². The van der Waals surface area contributed by atoms with E-state index in [-0.39, 0.29) is 0 Å². The molecule has 2 aromatic heterocycles. The SMILES string of the molecule is Cc1noc2sc(Br)cc12. The maximum absolute atomic E-state index is 5.01. The van der Waals surface area contributed by atoms with Crippen molar-refractivity contribution in [1.82, 2.24) is 5.16 Å². The van der Waals surface area contributed by atoms with Crippen LogP contribution in [0, 0.1) is 6.92 Å². The maximum atomic E-state index is 5.01. The predicted octanol–water partition coefficient (Wildman–Crippen LogP) is 2.96. The minimum atomic E-state index is 0.893. The van der Waals surface area contributed by atoms with Gasteiger partial charge in [-0.15, -0.1) is 0 Å². The summed E-state index contributed by atoms with van der Waals surface area (Å²) in [5.74, 6) is 0. The van der Waals surface area contributed by atoms with Gasteiger partial charge in [0.2, 0.25) is 4.90 Å². The number of nitrogens with zero attached hydrogens (tertiary/aromatic N) is 1. The van der Waals surface area contributed by atoms with Crippen molar-refractivity contribution in [2.45, 2.75) is 6.92 Å². The van der Waals surface area contributed by atoms with Gasteiger partial charge in [0, 0.05) is 0 Å². The zero-order chi connectivity index (χ0) is 7.14. The van der Waals surface area contributed by atoms with E-state index >= 15 is 0 Å². The number of aryl methyl sites for hydroxylation is 1. The van der Waals surface area contributed by atoms with Gasteiger partial charge in [0.25, 0.3) is 0 Å². The van der Waals surface area contributed by atoms with Gasteiger partial charge in [0.05, 0.1) is 14.9 Å². The number of rotatable bonds is 0. The molecule has 0 saturated carbocycles. The van der Waals surface area contributed by atoms with Crippen molar-refractivity contribution in [3.8, 4) is 0 Å². The Balaban J connectivity index is 2.90. The first kappa shape index (κ1) is 6.37. The van der Waals surface area contributed by atoms with Gasteiger partial charge in [-0.05, 0) is 28.9 Å². The number of fused-ring (bicyclic) bond motifs is 1. The molecule has 2 heterocycles. The van der Waals surface area contributed by atoms with E-state index in [1.54, 1.807) is 11.3 Å². The van der Waals surface area contributed by atoms with Gasteiger partial charge < -0.3 is 4.52 Å². The van der Waals surface area contributed by atoms with Crippen LogP contribution in [0.2, 0.25) is 0 Å². The first-order valence-electron chi connectivity index (χ1n) is 2.78. The third kappa shape index (κ3) is 0.793. The molecular formula is C6H4BrNOS. The molecule has 0 aromatic carbocycles. The molecule has 2 nitrogen and oxygen atoms in total. The van der Waals surface area contributed by atoms with E-state index in [0.717, 1.165) is 19.8 Å². The molecule has 0 spiro atoms. The summed E-state index contributed by atoms with van der Waals surface area (Å²) < 4.78 is 6.10. The third-order valence-corrected chi connectivity index (χ3v) is 2.83. The van der Waals surface area contributed by atoms with Crippen molar-refractivity contribution in [2.24, 2.45) is 0 Å². The molecule has 0 radical (unpaired) electrons. The van der Waals surface area contributed by atoms with E-state index in [9.17, 15) is 0 Å². The summed E-state index contributed by atoms with van der Waals surface area (Å²) in [5.41, 5.74) is 0.956. The highest BCUT2D eigenvalue weighted by Gasteiger charge is 2.06. The Kier molecular flexibility index (Phi) is 1.32. The van der Waals surface area contributed by atoms with E-state index in [0.29, 0.717) is 0 Å². The zero-order valence-electron chi connectivity index (χ0n) is 5.22. The number of hydrogen-bond donors (Lipinski definition) is 0. The van der Waals surface area contributed by atoms with E-state index in [1.807, 2.05) is 13.0 Å². The van der Waals surface area contributed by atoms with Crippen molar-refractivity contribution in [1.29, 1.82) is 0 Å². The summed E-state index contributed by atoms with van der Waals surface area (Å²) in [4.78, 5) is 0.893. The maximum Gasteiger partial charge on any atom is 0.221 e. The number of hydrogen-bond acceptors (Lipinski definition) is 3. The highest BCUT2D eigenvalue weighted by atomic mass is 79.9. The molecule has 0 bridgehead atoms. The van der Waals surface area contributed by atoms with Crippen LogP contribution in [0.4, 0.5) is 0 Å². The van der Waals surface area contributed by atoms with Crippen LogP contribution in [0.3, 0.4) is 0 Å². The molecule has 52 valence electrons. The first-order chi connectivity index (χ1) is 4.77. The van der Waals surface area contributed by atoms with Gasteiger partial charge in [-0.25, -0.2) is 0 Å². The molecule has 0 N–H and O–H groups in total. The predicted molar refractivity (Wildman–Crippen MR) is 44.3 cm³/mol. The molecule has 10 heavy (non-hydrogen) atoms. The molecule has 0 atom stereocenters. The largest absolute Gasteiger partial charge is 0.345 e. The molecule has 0 saturated heterocycles. The summed E-state index contributed by atoms with van der Waals surface area (Å²) in [6, 6.07) is 2.02. The molecule has 0 aliphatic heterocycles. The van der Waals surface area contributed by atoms with E-state index in [1.165, 1.54) is 0 Å². The summed E-state index contributed by atoms with van der Waals surface area (Å²) in [6.07, 6.45) is 0.